The molecule has 0 radical (unpaired) electrons. The van der Waals surface area contributed by atoms with E-state index in [4.69, 9.17) is 11.2 Å². The molecule has 3 heteroatoms. The van der Waals surface area contributed by atoms with Gasteiger partial charge >= 0.3 is 5.97 Å². The molecule has 0 amide bonds. The zero-order valence-corrected chi connectivity index (χ0v) is 9.17. The maximum Gasteiger partial charge on any atom is 0.322 e. The number of ether oxygens (including phenoxy) is 1. The second-order valence-corrected chi connectivity index (χ2v) is 3.15. The van der Waals surface area contributed by atoms with Gasteiger partial charge in [-0.05, 0) is 20.3 Å². The average Bonchev–Trinajstić information content (AvgIpc) is 2.17. The summed E-state index contributed by atoms with van der Waals surface area (Å²) < 4.78 is 4.86. The molecule has 1 N–H and O–H groups in total. The van der Waals surface area contributed by atoms with Crippen molar-refractivity contribution in [2.45, 2.75) is 45.7 Å². The van der Waals surface area contributed by atoms with E-state index in [0.29, 0.717) is 6.61 Å². The molecule has 0 bridgehead atoms. The minimum absolute atomic E-state index is 0.0422. The number of nitrogens with one attached hydrogen (secondary N) is 1. The quantitative estimate of drug-likeness (QED) is 0.515. The van der Waals surface area contributed by atoms with Crippen molar-refractivity contribution in [3.63, 3.8) is 0 Å². The van der Waals surface area contributed by atoms with Gasteiger partial charge in [-0.25, -0.2) is 0 Å². The summed E-state index contributed by atoms with van der Waals surface area (Å²) >= 11 is 0. The number of hydrogen-bond donors (Lipinski definition) is 1. The molecule has 0 aromatic rings. The van der Waals surface area contributed by atoms with Crippen molar-refractivity contribution in [3.8, 4) is 12.3 Å². The predicted molar refractivity (Wildman–Crippen MR) is 56.8 cm³/mol. The molecule has 14 heavy (non-hydrogen) atoms. The van der Waals surface area contributed by atoms with Crippen LogP contribution >= 0.6 is 0 Å². The van der Waals surface area contributed by atoms with Crippen molar-refractivity contribution in [1.29, 1.82) is 0 Å². The lowest BCUT2D eigenvalue weighted by Gasteiger charge is -2.17. The Hall–Kier alpha value is -1.01. The summed E-state index contributed by atoms with van der Waals surface area (Å²) in [6.45, 7) is 6.01. The van der Waals surface area contributed by atoms with E-state index in [-0.39, 0.29) is 18.1 Å². The molecule has 2 atom stereocenters. The topological polar surface area (TPSA) is 38.3 Å². The van der Waals surface area contributed by atoms with Crippen molar-refractivity contribution in [1.82, 2.24) is 5.32 Å². The van der Waals surface area contributed by atoms with E-state index >= 15 is 0 Å². The number of carbonyl (C=O) groups excluding carboxylic acids is 1. The van der Waals surface area contributed by atoms with E-state index in [1.54, 1.807) is 13.8 Å². The lowest BCUT2D eigenvalue weighted by molar-refractivity contribution is -0.145. The molecular weight excluding hydrogens is 178 g/mol. The highest BCUT2D eigenvalue weighted by atomic mass is 16.5. The third-order valence-electron chi connectivity index (χ3n) is 1.87. The van der Waals surface area contributed by atoms with Gasteiger partial charge in [0.15, 0.2) is 0 Å². The molecule has 0 saturated heterocycles. The first kappa shape index (κ1) is 13.0. The molecule has 80 valence electrons. The van der Waals surface area contributed by atoms with Gasteiger partial charge in [0.05, 0.1) is 12.6 Å². The fourth-order valence-corrected chi connectivity index (χ4v) is 1.14. The van der Waals surface area contributed by atoms with Crippen LogP contribution in [0.4, 0.5) is 0 Å². The van der Waals surface area contributed by atoms with Gasteiger partial charge in [-0.2, -0.15) is 0 Å². The fraction of sp³-hybridized carbons (Fsp3) is 0.727. The molecule has 0 heterocycles. The highest BCUT2D eigenvalue weighted by molar-refractivity contribution is 5.75. The van der Waals surface area contributed by atoms with E-state index in [1.807, 2.05) is 0 Å². The largest absolute Gasteiger partial charge is 0.465 e. The van der Waals surface area contributed by atoms with Crippen LogP contribution in [-0.2, 0) is 9.53 Å². The minimum atomic E-state index is -0.331. The maximum absolute atomic E-state index is 11.2. The van der Waals surface area contributed by atoms with Gasteiger partial charge in [0.25, 0.3) is 0 Å². The van der Waals surface area contributed by atoms with Gasteiger partial charge < -0.3 is 4.74 Å². The van der Waals surface area contributed by atoms with Crippen LogP contribution in [0.1, 0.15) is 33.6 Å². The van der Waals surface area contributed by atoms with Gasteiger partial charge in [0.2, 0.25) is 0 Å². The van der Waals surface area contributed by atoms with E-state index in [0.717, 1.165) is 12.8 Å². The fourth-order valence-electron chi connectivity index (χ4n) is 1.14. The monoisotopic (exact) mass is 197 g/mol. The third-order valence-corrected chi connectivity index (χ3v) is 1.87. The summed E-state index contributed by atoms with van der Waals surface area (Å²) in [6.07, 6.45) is 7.19. The molecule has 0 spiro atoms. The van der Waals surface area contributed by atoms with Crippen molar-refractivity contribution in [2.24, 2.45) is 0 Å². The second kappa shape index (κ2) is 7.40. The van der Waals surface area contributed by atoms with E-state index in [9.17, 15) is 4.79 Å². The highest BCUT2D eigenvalue weighted by Crippen LogP contribution is 1.98. The minimum Gasteiger partial charge on any atom is -0.465 e. The summed E-state index contributed by atoms with van der Waals surface area (Å²) in [5.74, 6) is 2.37. The Bertz CT molecular complexity index is 208. The second-order valence-electron chi connectivity index (χ2n) is 3.15. The number of terminal acetylenes is 1. The van der Waals surface area contributed by atoms with Crippen molar-refractivity contribution in [3.05, 3.63) is 0 Å². The smallest absolute Gasteiger partial charge is 0.322 e. The summed E-state index contributed by atoms with van der Waals surface area (Å²) in [7, 11) is 0. The standard InChI is InChI=1S/C11H19NO2/c1-5-8-10(6-2)12-9(4)11(13)14-7-3/h2,9-10,12H,5,7-8H2,1,3-4H3. The van der Waals surface area contributed by atoms with Gasteiger partial charge in [0, 0.05) is 0 Å². The van der Waals surface area contributed by atoms with Crippen LogP contribution in [-0.4, -0.2) is 24.7 Å². The summed E-state index contributed by atoms with van der Waals surface area (Å²) in [4.78, 5) is 11.2. The lowest BCUT2D eigenvalue weighted by Crippen LogP contribution is -2.41. The van der Waals surface area contributed by atoms with Gasteiger partial charge in [-0.1, -0.05) is 19.3 Å². The van der Waals surface area contributed by atoms with Crippen LogP contribution in [0.3, 0.4) is 0 Å². The molecular formula is C11H19NO2. The lowest BCUT2D eigenvalue weighted by atomic mass is 10.1. The molecule has 0 saturated carbocycles. The summed E-state index contributed by atoms with van der Waals surface area (Å²) in [5.41, 5.74) is 0. The van der Waals surface area contributed by atoms with Crippen LogP contribution in [0.5, 0.6) is 0 Å². The van der Waals surface area contributed by atoms with Crippen molar-refractivity contribution < 1.29 is 9.53 Å². The molecule has 0 aromatic heterocycles. The molecule has 0 aliphatic rings. The molecule has 0 aliphatic carbocycles. The first-order valence-corrected chi connectivity index (χ1v) is 5.04. The van der Waals surface area contributed by atoms with Gasteiger partial charge in [-0.15, -0.1) is 6.42 Å². The summed E-state index contributed by atoms with van der Waals surface area (Å²) in [6, 6.07) is -0.373. The Morgan fingerprint density at radius 2 is 2.21 bits per heavy atom. The Labute approximate surface area is 86.2 Å². The van der Waals surface area contributed by atoms with E-state index < -0.39 is 0 Å². The van der Waals surface area contributed by atoms with Crippen LogP contribution in [0.2, 0.25) is 0 Å². The molecule has 3 nitrogen and oxygen atoms in total. The van der Waals surface area contributed by atoms with Crippen LogP contribution < -0.4 is 5.32 Å². The van der Waals surface area contributed by atoms with Gasteiger partial charge in [-0.3, -0.25) is 10.1 Å². The first-order valence-electron chi connectivity index (χ1n) is 5.04. The normalized spacial score (nSPS) is 14.1. The number of hydrogen-bond acceptors (Lipinski definition) is 3. The van der Waals surface area contributed by atoms with E-state index in [2.05, 4.69) is 18.2 Å². The third kappa shape index (κ3) is 4.88. The van der Waals surface area contributed by atoms with Crippen LogP contribution in [0.15, 0.2) is 0 Å². The van der Waals surface area contributed by atoms with E-state index in [1.165, 1.54) is 0 Å². The number of rotatable bonds is 6. The maximum atomic E-state index is 11.2. The highest BCUT2D eigenvalue weighted by Gasteiger charge is 2.16. The van der Waals surface area contributed by atoms with Crippen molar-refractivity contribution >= 4 is 5.97 Å². The molecule has 0 aliphatic heterocycles. The number of carbonyl (C=O) groups is 1. The first-order chi connectivity index (χ1) is 6.65. The Kier molecular flexibility index (Phi) is 6.87. The zero-order valence-electron chi connectivity index (χ0n) is 9.17. The average molecular weight is 197 g/mol. The molecule has 0 aromatic carbocycles. The Morgan fingerprint density at radius 1 is 1.57 bits per heavy atom. The van der Waals surface area contributed by atoms with Gasteiger partial charge in [0.1, 0.15) is 6.04 Å². The summed E-state index contributed by atoms with van der Waals surface area (Å²) in [5, 5.41) is 3.04. The SMILES string of the molecule is C#CC(CCC)NC(C)C(=O)OCC. The molecule has 0 fully saturated rings. The predicted octanol–water partition coefficient (Wildman–Crippen LogP) is 1.33. The molecule has 2 unspecified atom stereocenters. The Morgan fingerprint density at radius 3 is 2.64 bits per heavy atom. The zero-order chi connectivity index (χ0) is 11.0. The van der Waals surface area contributed by atoms with Crippen LogP contribution in [0.25, 0.3) is 0 Å². The molecule has 0 rings (SSSR count). The number of esters is 1. The van der Waals surface area contributed by atoms with Crippen LogP contribution in [0, 0.1) is 12.3 Å². The Balaban J connectivity index is 3.96. The van der Waals surface area contributed by atoms with Crippen molar-refractivity contribution in [2.75, 3.05) is 6.61 Å².